The molecule has 0 spiro atoms. The molecule has 3 rings (SSSR count). The minimum absolute atomic E-state index is 0.152. The number of fused-ring (bicyclic) bond motifs is 2. The molecule has 2 bridgehead atoms. The first-order valence-corrected chi connectivity index (χ1v) is 9.08. The maximum absolute atomic E-state index is 12.5. The third-order valence-electron chi connectivity index (χ3n) is 5.15. The van der Waals surface area contributed by atoms with E-state index in [1.807, 2.05) is 25.7 Å². The number of benzene rings is 1. The summed E-state index contributed by atoms with van der Waals surface area (Å²) in [5.74, 6) is 1.09. The van der Waals surface area contributed by atoms with Crippen LogP contribution in [0.2, 0.25) is 0 Å². The van der Waals surface area contributed by atoms with Crippen molar-refractivity contribution in [2.75, 3.05) is 19.6 Å². The van der Waals surface area contributed by atoms with E-state index in [9.17, 15) is 4.79 Å². The van der Waals surface area contributed by atoms with Gasteiger partial charge in [-0.3, -0.25) is 4.90 Å². The average molecular weight is 330 g/mol. The smallest absolute Gasteiger partial charge is 0.410 e. The second-order valence-corrected chi connectivity index (χ2v) is 8.41. The van der Waals surface area contributed by atoms with E-state index in [-0.39, 0.29) is 12.1 Å². The zero-order valence-corrected chi connectivity index (χ0v) is 15.4. The maximum Gasteiger partial charge on any atom is 0.410 e. The number of likely N-dealkylation sites (tertiary alicyclic amines) is 2. The molecule has 0 radical (unpaired) electrons. The van der Waals surface area contributed by atoms with Gasteiger partial charge in [-0.2, -0.15) is 0 Å². The highest BCUT2D eigenvalue weighted by Crippen LogP contribution is 2.34. The molecule has 4 nitrogen and oxygen atoms in total. The van der Waals surface area contributed by atoms with Crippen LogP contribution in [-0.4, -0.2) is 47.2 Å². The van der Waals surface area contributed by atoms with Crippen LogP contribution in [0.15, 0.2) is 30.3 Å². The molecule has 2 saturated heterocycles. The molecule has 2 fully saturated rings. The third kappa shape index (κ3) is 4.10. The first-order chi connectivity index (χ1) is 11.3. The van der Waals surface area contributed by atoms with Crippen molar-refractivity contribution in [1.82, 2.24) is 9.80 Å². The SMILES string of the molecule is C[C@H]1[C@H]2C[C@@H](CN(Cc3ccccc3)C2)CN1C(=O)OC(C)(C)C. The molecule has 4 heteroatoms. The highest BCUT2D eigenvalue weighted by molar-refractivity contribution is 5.68. The fraction of sp³-hybridized carbons (Fsp3) is 0.650. The van der Waals surface area contributed by atoms with Crippen molar-refractivity contribution in [3.63, 3.8) is 0 Å². The first-order valence-electron chi connectivity index (χ1n) is 9.08. The van der Waals surface area contributed by atoms with E-state index >= 15 is 0 Å². The lowest BCUT2D eigenvalue weighted by Crippen LogP contribution is -2.58. The molecule has 1 aromatic carbocycles. The summed E-state index contributed by atoms with van der Waals surface area (Å²) in [6.07, 6.45) is 1.08. The van der Waals surface area contributed by atoms with E-state index in [0.29, 0.717) is 11.8 Å². The monoisotopic (exact) mass is 330 g/mol. The van der Waals surface area contributed by atoms with E-state index in [2.05, 4.69) is 42.2 Å². The highest BCUT2D eigenvalue weighted by Gasteiger charge is 2.41. The van der Waals surface area contributed by atoms with Gasteiger partial charge in [0.15, 0.2) is 0 Å². The lowest BCUT2D eigenvalue weighted by Gasteiger charge is -2.49. The molecule has 0 N–H and O–H groups in total. The molecule has 2 aliphatic rings. The Morgan fingerprint density at radius 3 is 2.54 bits per heavy atom. The van der Waals surface area contributed by atoms with Crippen molar-refractivity contribution in [3.05, 3.63) is 35.9 Å². The Labute approximate surface area is 145 Å². The van der Waals surface area contributed by atoms with Crippen LogP contribution in [0.4, 0.5) is 4.79 Å². The summed E-state index contributed by atoms with van der Waals surface area (Å²) in [6, 6.07) is 10.9. The van der Waals surface area contributed by atoms with Crippen LogP contribution in [0.25, 0.3) is 0 Å². The molecular weight excluding hydrogens is 300 g/mol. The molecule has 3 atom stereocenters. The minimum atomic E-state index is -0.428. The summed E-state index contributed by atoms with van der Waals surface area (Å²) < 4.78 is 5.61. The summed E-state index contributed by atoms with van der Waals surface area (Å²) in [5, 5.41) is 0. The standard InChI is InChI=1S/C20H30N2O2/c1-15-18-10-17(13-22(15)19(23)24-20(2,3)4)12-21(14-18)11-16-8-6-5-7-9-16/h5-9,15,17-18H,10-14H2,1-4H3/t15-,17-,18-/m0/s1. The van der Waals surface area contributed by atoms with Crippen LogP contribution in [-0.2, 0) is 11.3 Å². The lowest BCUT2D eigenvalue weighted by atomic mass is 9.80. The number of carbonyl (C=O) groups is 1. The van der Waals surface area contributed by atoms with Crippen LogP contribution in [0.1, 0.15) is 39.7 Å². The van der Waals surface area contributed by atoms with Crippen LogP contribution in [0.3, 0.4) is 0 Å². The fourth-order valence-electron chi connectivity index (χ4n) is 4.06. The van der Waals surface area contributed by atoms with Gasteiger partial charge in [-0.1, -0.05) is 30.3 Å². The van der Waals surface area contributed by atoms with Gasteiger partial charge in [0.2, 0.25) is 0 Å². The van der Waals surface area contributed by atoms with E-state index in [1.165, 1.54) is 12.0 Å². The average Bonchev–Trinajstić information content (AvgIpc) is 2.50. The van der Waals surface area contributed by atoms with Crippen LogP contribution in [0, 0.1) is 11.8 Å². The van der Waals surface area contributed by atoms with Gasteiger partial charge >= 0.3 is 6.09 Å². The number of piperidine rings is 2. The van der Waals surface area contributed by atoms with E-state index in [4.69, 9.17) is 4.74 Å². The van der Waals surface area contributed by atoms with E-state index in [0.717, 1.165) is 26.2 Å². The summed E-state index contributed by atoms with van der Waals surface area (Å²) >= 11 is 0. The van der Waals surface area contributed by atoms with E-state index < -0.39 is 5.60 Å². The van der Waals surface area contributed by atoms with Gasteiger partial charge in [-0.15, -0.1) is 0 Å². The molecule has 1 aromatic rings. The van der Waals surface area contributed by atoms with Crippen molar-refractivity contribution in [2.45, 2.75) is 52.3 Å². The number of nitrogens with zero attached hydrogens (tertiary/aromatic N) is 2. The maximum atomic E-state index is 12.5. The lowest BCUT2D eigenvalue weighted by molar-refractivity contribution is -0.0333. The van der Waals surface area contributed by atoms with Crippen molar-refractivity contribution >= 4 is 6.09 Å². The number of hydrogen-bond acceptors (Lipinski definition) is 3. The zero-order chi connectivity index (χ0) is 17.3. The predicted octanol–water partition coefficient (Wildman–Crippen LogP) is 3.76. The third-order valence-corrected chi connectivity index (χ3v) is 5.15. The van der Waals surface area contributed by atoms with Gasteiger partial charge in [-0.05, 0) is 51.5 Å². The Morgan fingerprint density at radius 2 is 1.88 bits per heavy atom. The zero-order valence-electron chi connectivity index (χ0n) is 15.4. The van der Waals surface area contributed by atoms with Crippen molar-refractivity contribution in [1.29, 1.82) is 0 Å². The summed E-state index contributed by atoms with van der Waals surface area (Å²) in [5.41, 5.74) is 0.942. The Balaban J connectivity index is 1.63. The quantitative estimate of drug-likeness (QED) is 0.827. The second-order valence-electron chi connectivity index (χ2n) is 8.41. The highest BCUT2D eigenvalue weighted by atomic mass is 16.6. The molecule has 2 heterocycles. The van der Waals surface area contributed by atoms with Gasteiger partial charge in [0.05, 0.1) is 0 Å². The normalized spacial score (nSPS) is 27.8. The van der Waals surface area contributed by atoms with Gasteiger partial charge in [0.1, 0.15) is 5.60 Å². The molecule has 2 aliphatic heterocycles. The molecule has 24 heavy (non-hydrogen) atoms. The second kappa shape index (κ2) is 6.75. The fourth-order valence-corrected chi connectivity index (χ4v) is 4.06. The molecule has 0 aliphatic carbocycles. The molecular formula is C20H30N2O2. The molecule has 0 aromatic heterocycles. The van der Waals surface area contributed by atoms with Crippen LogP contribution >= 0.6 is 0 Å². The van der Waals surface area contributed by atoms with E-state index in [1.54, 1.807) is 0 Å². The molecule has 1 amide bonds. The molecule has 132 valence electrons. The van der Waals surface area contributed by atoms with Gasteiger partial charge in [-0.25, -0.2) is 4.79 Å². The minimum Gasteiger partial charge on any atom is -0.444 e. The summed E-state index contributed by atoms with van der Waals surface area (Å²) in [4.78, 5) is 17.0. The van der Waals surface area contributed by atoms with Gasteiger partial charge < -0.3 is 9.64 Å². The van der Waals surface area contributed by atoms with Crippen molar-refractivity contribution in [3.8, 4) is 0 Å². The Hall–Kier alpha value is -1.55. The van der Waals surface area contributed by atoms with Crippen LogP contribution < -0.4 is 0 Å². The Kier molecular flexibility index (Phi) is 4.86. The summed E-state index contributed by atoms with van der Waals surface area (Å²) in [6.45, 7) is 11.9. The largest absolute Gasteiger partial charge is 0.444 e. The Morgan fingerprint density at radius 1 is 1.17 bits per heavy atom. The predicted molar refractivity (Wildman–Crippen MR) is 95.7 cm³/mol. The topological polar surface area (TPSA) is 32.8 Å². The number of rotatable bonds is 2. The first kappa shape index (κ1) is 17.3. The summed E-state index contributed by atoms with van der Waals surface area (Å²) in [7, 11) is 0. The Bertz CT molecular complexity index is 567. The van der Waals surface area contributed by atoms with Crippen molar-refractivity contribution in [2.24, 2.45) is 11.8 Å². The number of carbonyl (C=O) groups excluding carboxylic acids is 1. The van der Waals surface area contributed by atoms with Crippen LogP contribution in [0.5, 0.6) is 0 Å². The number of ether oxygens (including phenoxy) is 1. The molecule has 0 unspecified atom stereocenters. The van der Waals surface area contributed by atoms with Crippen molar-refractivity contribution < 1.29 is 9.53 Å². The van der Waals surface area contributed by atoms with Gasteiger partial charge in [0.25, 0.3) is 0 Å². The number of amides is 1. The molecule has 0 saturated carbocycles. The number of hydrogen-bond donors (Lipinski definition) is 0. The van der Waals surface area contributed by atoms with Gasteiger partial charge in [0, 0.05) is 32.2 Å².